The standard InChI is InChI=1S/C21H22FN5O3/c1-12-5-6-15(22)17-18(12)26-27(11-14-4-2-3-9-30-14)19(17)21(29)25-13-7-8-24-16(10-13)20(23)28/h5-8,10,14H,2-4,9,11H2,1H3,(H2,23,28)(H,24,25,29). The van der Waals surface area contributed by atoms with Crippen molar-refractivity contribution in [3.63, 3.8) is 0 Å². The predicted octanol–water partition coefficient (Wildman–Crippen LogP) is 2.80. The Labute approximate surface area is 172 Å². The van der Waals surface area contributed by atoms with Crippen molar-refractivity contribution in [2.75, 3.05) is 11.9 Å². The first-order valence-electron chi connectivity index (χ1n) is 9.78. The zero-order valence-electron chi connectivity index (χ0n) is 16.5. The summed E-state index contributed by atoms with van der Waals surface area (Å²) in [4.78, 5) is 28.4. The van der Waals surface area contributed by atoms with E-state index in [9.17, 15) is 14.0 Å². The molecule has 0 radical (unpaired) electrons. The Morgan fingerprint density at radius 2 is 2.17 bits per heavy atom. The van der Waals surface area contributed by atoms with Gasteiger partial charge in [-0.15, -0.1) is 0 Å². The molecular formula is C21H22FN5O3. The fourth-order valence-corrected chi connectivity index (χ4v) is 3.67. The third-order valence-electron chi connectivity index (χ3n) is 5.18. The van der Waals surface area contributed by atoms with Crippen molar-refractivity contribution in [1.82, 2.24) is 14.8 Å². The van der Waals surface area contributed by atoms with Crippen molar-refractivity contribution in [3.05, 3.63) is 53.2 Å². The Morgan fingerprint density at radius 3 is 2.90 bits per heavy atom. The predicted molar refractivity (Wildman–Crippen MR) is 109 cm³/mol. The highest BCUT2D eigenvalue weighted by Crippen LogP contribution is 2.27. The normalized spacial score (nSPS) is 16.5. The van der Waals surface area contributed by atoms with Gasteiger partial charge in [0.25, 0.3) is 11.8 Å². The van der Waals surface area contributed by atoms with Gasteiger partial charge < -0.3 is 15.8 Å². The number of rotatable bonds is 5. The van der Waals surface area contributed by atoms with E-state index in [1.807, 2.05) is 6.92 Å². The smallest absolute Gasteiger partial charge is 0.274 e. The Kier molecular flexibility index (Phi) is 5.45. The highest BCUT2D eigenvalue weighted by Gasteiger charge is 2.25. The fraction of sp³-hybridized carbons (Fsp3) is 0.333. The largest absolute Gasteiger partial charge is 0.376 e. The number of primary amides is 1. The molecule has 1 fully saturated rings. The van der Waals surface area contributed by atoms with Gasteiger partial charge in [-0.05, 0) is 49.9 Å². The van der Waals surface area contributed by atoms with Crippen LogP contribution in [-0.2, 0) is 11.3 Å². The van der Waals surface area contributed by atoms with Crippen LogP contribution in [0.5, 0.6) is 0 Å². The number of fused-ring (bicyclic) bond motifs is 1. The van der Waals surface area contributed by atoms with Crippen LogP contribution in [0, 0.1) is 12.7 Å². The van der Waals surface area contributed by atoms with Gasteiger partial charge in [-0.25, -0.2) is 4.39 Å². The Morgan fingerprint density at radius 1 is 1.33 bits per heavy atom. The van der Waals surface area contributed by atoms with Crippen LogP contribution in [0.25, 0.3) is 10.9 Å². The number of nitrogens with two attached hydrogens (primary N) is 1. The van der Waals surface area contributed by atoms with Crippen molar-refractivity contribution in [2.24, 2.45) is 5.73 Å². The molecule has 156 valence electrons. The molecule has 3 heterocycles. The van der Waals surface area contributed by atoms with Crippen LogP contribution in [0.1, 0.15) is 45.8 Å². The second-order valence-corrected chi connectivity index (χ2v) is 7.36. The molecule has 2 amide bonds. The zero-order valence-corrected chi connectivity index (χ0v) is 16.5. The Bertz CT molecular complexity index is 1120. The van der Waals surface area contributed by atoms with E-state index in [0.29, 0.717) is 24.4 Å². The molecule has 0 spiro atoms. The van der Waals surface area contributed by atoms with Crippen molar-refractivity contribution < 1.29 is 18.7 Å². The van der Waals surface area contributed by atoms with Gasteiger partial charge in [0, 0.05) is 18.5 Å². The molecule has 0 saturated carbocycles. The minimum Gasteiger partial charge on any atom is -0.376 e. The summed E-state index contributed by atoms with van der Waals surface area (Å²) in [5, 5.41) is 7.39. The molecule has 2 aromatic heterocycles. The summed E-state index contributed by atoms with van der Waals surface area (Å²) in [6.07, 6.45) is 4.16. The summed E-state index contributed by atoms with van der Waals surface area (Å²) in [5.74, 6) is -1.78. The first-order chi connectivity index (χ1) is 14.4. The lowest BCUT2D eigenvalue weighted by Gasteiger charge is -2.23. The molecule has 1 unspecified atom stereocenters. The lowest BCUT2D eigenvalue weighted by molar-refractivity contribution is 0.00378. The van der Waals surface area contributed by atoms with E-state index in [0.717, 1.165) is 24.8 Å². The highest BCUT2D eigenvalue weighted by molar-refractivity contribution is 6.12. The lowest BCUT2D eigenvalue weighted by atomic mass is 10.1. The van der Waals surface area contributed by atoms with Crippen molar-refractivity contribution in [3.8, 4) is 0 Å². The van der Waals surface area contributed by atoms with Gasteiger partial charge in [-0.2, -0.15) is 5.10 Å². The van der Waals surface area contributed by atoms with E-state index in [4.69, 9.17) is 10.5 Å². The fourth-order valence-electron chi connectivity index (χ4n) is 3.67. The summed E-state index contributed by atoms with van der Waals surface area (Å²) in [6, 6.07) is 5.86. The van der Waals surface area contributed by atoms with Crippen LogP contribution >= 0.6 is 0 Å². The first-order valence-corrected chi connectivity index (χ1v) is 9.78. The van der Waals surface area contributed by atoms with E-state index in [1.165, 1.54) is 29.1 Å². The number of amides is 2. The molecule has 30 heavy (non-hydrogen) atoms. The van der Waals surface area contributed by atoms with Crippen LogP contribution < -0.4 is 11.1 Å². The SMILES string of the molecule is Cc1ccc(F)c2c(C(=O)Nc3ccnc(C(N)=O)c3)n(CC3CCCCO3)nc12. The summed E-state index contributed by atoms with van der Waals surface area (Å²) < 4.78 is 22.1. The molecule has 1 saturated heterocycles. The number of benzene rings is 1. The van der Waals surface area contributed by atoms with Crippen LogP contribution in [0.4, 0.5) is 10.1 Å². The van der Waals surface area contributed by atoms with E-state index >= 15 is 0 Å². The van der Waals surface area contributed by atoms with Gasteiger partial charge in [-0.1, -0.05) is 6.07 Å². The average molecular weight is 411 g/mol. The van der Waals surface area contributed by atoms with Gasteiger partial charge in [0.15, 0.2) is 0 Å². The molecule has 1 aliphatic heterocycles. The van der Waals surface area contributed by atoms with Gasteiger partial charge in [-0.3, -0.25) is 19.3 Å². The van der Waals surface area contributed by atoms with Gasteiger partial charge in [0.05, 0.1) is 23.6 Å². The van der Waals surface area contributed by atoms with Crippen LogP contribution in [0.15, 0.2) is 30.5 Å². The topological polar surface area (TPSA) is 112 Å². The number of hydrogen-bond donors (Lipinski definition) is 2. The van der Waals surface area contributed by atoms with Crippen LogP contribution in [0.3, 0.4) is 0 Å². The van der Waals surface area contributed by atoms with Gasteiger partial charge >= 0.3 is 0 Å². The number of nitrogens with zero attached hydrogens (tertiary/aromatic N) is 3. The maximum atomic E-state index is 14.8. The number of carbonyl (C=O) groups excluding carboxylic acids is 2. The molecule has 9 heteroatoms. The molecule has 0 aliphatic carbocycles. The summed E-state index contributed by atoms with van der Waals surface area (Å²) >= 11 is 0. The van der Waals surface area contributed by atoms with Crippen molar-refractivity contribution in [2.45, 2.75) is 38.8 Å². The second-order valence-electron chi connectivity index (χ2n) is 7.36. The molecule has 3 N–H and O–H groups in total. The van der Waals surface area contributed by atoms with Crippen LogP contribution in [0.2, 0.25) is 0 Å². The molecule has 4 rings (SSSR count). The Hall–Kier alpha value is -3.33. The highest BCUT2D eigenvalue weighted by atomic mass is 19.1. The summed E-state index contributed by atoms with van der Waals surface area (Å²) in [5.41, 5.74) is 6.91. The monoisotopic (exact) mass is 411 g/mol. The molecule has 1 atom stereocenters. The van der Waals surface area contributed by atoms with E-state index in [-0.39, 0.29) is 22.9 Å². The van der Waals surface area contributed by atoms with E-state index in [2.05, 4.69) is 15.4 Å². The quantitative estimate of drug-likeness (QED) is 0.670. The molecule has 1 aliphatic rings. The third kappa shape index (κ3) is 3.88. The number of aromatic nitrogens is 3. The number of aryl methyl sites for hydroxylation is 1. The minimum atomic E-state index is -0.710. The molecule has 8 nitrogen and oxygen atoms in total. The number of carbonyl (C=O) groups is 2. The van der Waals surface area contributed by atoms with Gasteiger partial charge in [0.1, 0.15) is 17.2 Å². The number of halogens is 1. The summed E-state index contributed by atoms with van der Waals surface area (Å²) in [6.45, 7) is 2.83. The maximum absolute atomic E-state index is 14.8. The van der Waals surface area contributed by atoms with Crippen molar-refractivity contribution in [1.29, 1.82) is 0 Å². The van der Waals surface area contributed by atoms with E-state index < -0.39 is 17.6 Å². The molecule has 0 bridgehead atoms. The third-order valence-corrected chi connectivity index (χ3v) is 5.18. The zero-order chi connectivity index (χ0) is 21.3. The van der Waals surface area contributed by atoms with Crippen LogP contribution in [-0.4, -0.2) is 39.3 Å². The molecular weight excluding hydrogens is 389 g/mol. The number of ether oxygens (including phenoxy) is 1. The van der Waals surface area contributed by atoms with Crippen molar-refractivity contribution >= 4 is 28.4 Å². The number of nitrogens with one attached hydrogen (secondary N) is 1. The minimum absolute atomic E-state index is 0.0174. The van der Waals surface area contributed by atoms with E-state index in [1.54, 1.807) is 6.07 Å². The lowest BCUT2D eigenvalue weighted by Crippen LogP contribution is -2.28. The van der Waals surface area contributed by atoms with Gasteiger partial charge in [0.2, 0.25) is 0 Å². The number of hydrogen-bond acceptors (Lipinski definition) is 5. The maximum Gasteiger partial charge on any atom is 0.274 e. The number of anilines is 1. The summed E-state index contributed by atoms with van der Waals surface area (Å²) in [7, 11) is 0. The molecule has 3 aromatic rings. The first kappa shape index (κ1) is 20.0. The second kappa shape index (κ2) is 8.19. The average Bonchev–Trinajstić information content (AvgIpc) is 3.12. The Balaban J connectivity index is 1.74. The number of pyridine rings is 1. The molecule has 1 aromatic carbocycles.